The van der Waals surface area contributed by atoms with E-state index in [9.17, 15) is 4.79 Å². The third-order valence-corrected chi connectivity index (χ3v) is 2.39. The van der Waals surface area contributed by atoms with Crippen LogP contribution in [-0.4, -0.2) is 27.4 Å². The SMILES string of the molecule is CC(C)COCCn1nc2ccccn2c1=O. The van der Waals surface area contributed by atoms with E-state index in [1.54, 1.807) is 6.20 Å². The van der Waals surface area contributed by atoms with Gasteiger partial charge >= 0.3 is 5.69 Å². The van der Waals surface area contributed by atoms with Crippen molar-refractivity contribution < 1.29 is 4.74 Å². The Labute approximate surface area is 99.6 Å². The van der Waals surface area contributed by atoms with Crippen molar-refractivity contribution in [2.45, 2.75) is 20.4 Å². The maximum atomic E-state index is 11.9. The number of aromatic nitrogens is 3. The molecular weight excluding hydrogens is 218 g/mol. The predicted octanol–water partition coefficient (Wildman–Crippen LogP) is 1.17. The Morgan fingerprint density at radius 2 is 2.24 bits per heavy atom. The van der Waals surface area contributed by atoms with Crippen LogP contribution in [0.3, 0.4) is 0 Å². The van der Waals surface area contributed by atoms with Crippen LogP contribution in [0.25, 0.3) is 5.65 Å². The first-order chi connectivity index (χ1) is 8.18. The van der Waals surface area contributed by atoms with Crippen molar-refractivity contribution in [1.82, 2.24) is 14.2 Å². The molecule has 0 saturated carbocycles. The lowest BCUT2D eigenvalue weighted by molar-refractivity contribution is 0.100. The Kier molecular flexibility index (Phi) is 3.58. The Hall–Kier alpha value is -1.62. The monoisotopic (exact) mass is 235 g/mol. The van der Waals surface area contributed by atoms with Gasteiger partial charge in [-0.1, -0.05) is 19.9 Å². The molecule has 0 saturated heterocycles. The number of nitrogens with zero attached hydrogens (tertiary/aromatic N) is 3. The van der Waals surface area contributed by atoms with Gasteiger partial charge in [0, 0.05) is 12.8 Å². The topological polar surface area (TPSA) is 48.5 Å². The summed E-state index contributed by atoms with van der Waals surface area (Å²) in [7, 11) is 0. The van der Waals surface area contributed by atoms with Crippen LogP contribution in [0.5, 0.6) is 0 Å². The van der Waals surface area contributed by atoms with Crippen LogP contribution in [0.4, 0.5) is 0 Å². The van der Waals surface area contributed by atoms with Gasteiger partial charge in [0.2, 0.25) is 0 Å². The van der Waals surface area contributed by atoms with Crippen molar-refractivity contribution >= 4 is 5.65 Å². The summed E-state index contributed by atoms with van der Waals surface area (Å²) in [6.07, 6.45) is 1.72. The van der Waals surface area contributed by atoms with Crippen molar-refractivity contribution in [3.8, 4) is 0 Å². The smallest absolute Gasteiger partial charge is 0.350 e. The summed E-state index contributed by atoms with van der Waals surface area (Å²) in [5.74, 6) is 0.507. The summed E-state index contributed by atoms with van der Waals surface area (Å²) in [5.41, 5.74) is 0.551. The van der Waals surface area contributed by atoms with E-state index in [-0.39, 0.29) is 5.69 Å². The molecule has 0 bridgehead atoms. The average molecular weight is 235 g/mol. The van der Waals surface area contributed by atoms with Gasteiger partial charge in [-0.2, -0.15) is 0 Å². The zero-order chi connectivity index (χ0) is 12.3. The second-order valence-corrected chi connectivity index (χ2v) is 4.40. The zero-order valence-corrected chi connectivity index (χ0v) is 10.2. The van der Waals surface area contributed by atoms with E-state index in [1.165, 1.54) is 9.08 Å². The van der Waals surface area contributed by atoms with Gasteiger partial charge in [-0.05, 0) is 18.1 Å². The molecule has 0 fully saturated rings. The normalized spacial score (nSPS) is 11.5. The van der Waals surface area contributed by atoms with Gasteiger partial charge in [-0.3, -0.25) is 4.40 Å². The molecule has 2 heterocycles. The Morgan fingerprint density at radius 1 is 1.41 bits per heavy atom. The molecule has 5 nitrogen and oxygen atoms in total. The molecule has 0 radical (unpaired) electrons. The van der Waals surface area contributed by atoms with Crippen LogP contribution in [0.2, 0.25) is 0 Å². The van der Waals surface area contributed by atoms with Gasteiger partial charge in [0.25, 0.3) is 0 Å². The second-order valence-electron chi connectivity index (χ2n) is 4.40. The molecule has 0 aliphatic carbocycles. The highest BCUT2D eigenvalue weighted by atomic mass is 16.5. The summed E-state index contributed by atoms with van der Waals surface area (Å²) in [4.78, 5) is 11.9. The van der Waals surface area contributed by atoms with E-state index in [2.05, 4.69) is 18.9 Å². The van der Waals surface area contributed by atoms with E-state index in [0.29, 0.717) is 31.3 Å². The van der Waals surface area contributed by atoms with E-state index in [4.69, 9.17) is 4.74 Å². The number of hydrogen-bond acceptors (Lipinski definition) is 3. The van der Waals surface area contributed by atoms with Crippen LogP contribution in [0, 0.1) is 5.92 Å². The Morgan fingerprint density at radius 3 is 2.94 bits per heavy atom. The highest BCUT2D eigenvalue weighted by molar-refractivity contribution is 5.35. The molecule has 2 aromatic rings. The van der Waals surface area contributed by atoms with Crippen LogP contribution >= 0.6 is 0 Å². The van der Waals surface area contributed by atoms with Crippen molar-refractivity contribution in [1.29, 1.82) is 0 Å². The number of hydrogen-bond donors (Lipinski definition) is 0. The largest absolute Gasteiger partial charge is 0.379 e. The average Bonchev–Trinajstić information content (AvgIpc) is 2.63. The predicted molar refractivity (Wildman–Crippen MR) is 65.1 cm³/mol. The van der Waals surface area contributed by atoms with E-state index >= 15 is 0 Å². The molecule has 5 heteroatoms. The molecule has 0 aliphatic heterocycles. The van der Waals surface area contributed by atoms with Crippen molar-refractivity contribution in [2.24, 2.45) is 5.92 Å². The van der Waals surface area contributed by atoms with E-state index in [1.807, 2.05) is 18.2 Å². The lowest BCUT2D eigenvalue weighted by Crippen LogP contribution is -2.23. The molecule has 0 aromatic carbocycles. The van der Waals surface area contributed by atoms with Crippen LogP contribution in [0.1, 0.15) is 13.8 Å². The second kappa shape index (κ2) is 5.14. The highest BCUT2D eigenvalue weighted by Gasteiger charge is 2.05. The van der Waals surface area contributed by atoms with E-state index < -0.39 is 0 Å². The zero-order valence-electron chi connectivity index (χ0n) is 10.2. The maximum Gasteiger partial charge on any atom is 0.350 e. The summed E-state index contributed by atoms with van der Waals surface area (Å²) in [5, 5.41) is 4.22. The molecule has 0 spiro atoms. The number of rotatable bonds is 5. The van der Waals surface area contributed by atoms with E-state index in [0.717, 1.165) is 0 Å². The van der Waals surface area contributed by atoms with Gasteiger partial charge in [0.05, 0.1) is 13.2 Å². The first kappa shape index (κ1) is 11.9. The molecule has 0 unspecified atom stereocenters. The Balaban J connectivity index is 2.04. The fourth-order valence-electron chi connectivity index (χ4n) is 1.58. The molecule has 0 N–H and O–H groups in total. The molecule has 2 aromatic heterocycles. The summed E-state index contributed by atoms with van der Waals surface area (Å²) < 4.78 is 8.41. The molecule has 17 heavy (non-hydrogen) atoms. The first-order valence-electron chi connectivity index (χ1n) is 5.80. The minimum absolute atomic E-state index is 0.117. The highest BCUT2D eigenvalue weighted by Crippen LogP contribution is 1.96. The molecular formula is C12H17N3O2. The third kappa shape index (κ3) is 2.74. The van der Waals surface area contributed by atoms with Crippen molar-refractivity contribution in [2.75, 3.05) is 13.2 Å². The first-order valence-corrected chi connectivity index (χ1v) is 5.80. The standard InChI is InChI=1S/C12H17N3O2/c1-10(2)9-17-8-7-15-12(16)14-6-4-3-5-11(14)13-15/h3-6,10H,7-9H2,1-2H3. The lowest BCUT2D eigenvalue weighted by Gasteiger charge is -2.05. The molecule has 0 aliphatic rings. The minimum atomic E-state index is -0.117. The van der Waals surface area contributed by atoms with Gasteiger partial charge < -0.3 is 4.74 Å². The summed E-state index contributed by atoms with van der Waals surface area (Å²) >= 11 is 0. The van der Waals surface area contributed by atoms with Gasteiger partial charge in [0.1, 0.15) is 0 Å². The van der Waals surface area contributed by atoms with Crippen LogP contribution in [-0.2, 0) is 11.3 Å². The molecule has 92 valence electrons. The molecule has 0 amide bonds. The number of fused-ring (bicyclic) bond motifs is 1. The van der Waals surface area contributed by atoms with Gasteiger partial charge in [-0.15, -0.1) is 5.10 Å². The van der Waals surface area contributed by atoms with Crippen LogP contribution < -0.4 is 5.69 Å². The third-order valence-electron chi connectivity index (χ3n) is 2.39. The van der Waals surface area contributed by atoms with Gasteiger partial charge in [0.15, 0.2) is 5.65 Å². The molecule has 2 rings (SSSR count). The fourth-order valence-corrected chi connectivity index (χ4v) is 1.58. The number of pyridine rings is 1. The summed E-state index contributed by atoms with van der Waals surface area (Å²) in [6.45, 7) is 5.91. The minimum Gasteiger partial charge on any atom is -0.379 e. The maximum absolute atomic E-state index is 11.9. The Bertz CT molecular complexity index is 542. The van der Waals surface area contributed by atoms with Crippen molar-refractivity contribution in [3.63, 3.8) is 0 Å². The van der Waals surface area contributed by atoms with Crippen molar-refractivity contribution in [3.05, 3.63) is 34.9 Å². The quantitative estimate of drug-likeness (QED) is 0.731. The van der Waals surface area contributed by atoms with Gasteiger partial charge in [-0.25, -0.2) is 9.48 Å². The fraction of sp³-hybridized carbons (Fsp3) is 0.500. The van der Waals surface area contributed by atoms with Crippen LogP contribution in [0.15, 0.2) is 29.2 Å². The lowest BCUT2D eigenvalue weighted by atomic mass is 10.2. The number of ether oxygens (including phenoxy) is 1. The molecule has 0 atom stereocenters. The summed E-state index contributed by atoms with van der Waals surface area (Å²) in [6, 6.07) is 5.49.